The summed E-state index contributed by atoms with van der Waals surface area (Å²) in [5.41, 5.74) is 31.8. The minimum absolute atomic E-state index is 0.467. The Morgan fingerprint density at radius 2 is 0.676 bits per heavy atom. The van der Waals surface area contributed by atoms with Gasteiger partial charge in [-0.25, -0.2) is 0 Å². The van der Waals surface area contributed by atoms with Gasteiger partial charge in [-0.3, -0.25) is 0 Å². The molecule has 5 heteroatoms. The fourth-order valence-electron chi connectivity index (χ4n) is 5.00. The predicted molar refractivity (Wildman–Crippen MR) is 156 cm³/mol. The fraction of sp³-hybridized carbons (Fsp3) is 0. The van der Waals surface area contributed by atoms with Crippen molar-refractivity contribution in [3.8, 4) is 33.8 Å². The van der Waals surface area contributed by atoms with Gasteiger partial charge < -0.3 is 27.7 Å². The van der Waals surface area contributed by atoms with E-state index in [2.05, 4.69) is 0 Å². The maximum atomic E-state index is 6.98. The van der Waals surface area contributed by atoms with E-state index in [-0.39, 0.29) is 0 Å². The van der Waals surface area contributed by atoms with E-state index in [1.54, 1.807) is 0 Å². The van der Waals surface area contributed by atoms with Crippen molar-refractivity contribution in [2.45, 2.75) is 0 Å². The van der Waals surface area contributed by atoms with Crippen LogP contribution in [0.1, 0.15) is 0 Å². The molecule has 0 heterocycles. The van der Waals surface area contributed by atoms with Crippen molar-refractivity contribution in [3.05, 3.63) is 109 Å². The van der Waals surface area contributed by atoms with Gasteiger partial charge in [-0.2, -0.15) is 0 Å². The van der Waals surface area contributed by atoms with E-state index in [0.717, 1.165) is 43.8 Å². The van der Waals surface area contributed by atoms with E-state index < -0.39 is 0 Å². The Morgan fingerprint density at radius 1 is 0.351 bits per heavy atom. The first-order valence-corrected chi connectivity index (χ1v) is 12.0. The van der Waals surface area contributed by atoms with Crippen LogP contribution in [0.5, 0.6) is 11.5 Å². The molecule has 37 heavy (non-hydrogen) atoms. The number of benzene rings is 6. The fourth-order valence-corrected chi connectivity index (χ4v) is 5.00. The van der Waals surface area contributed by atoms with E-state index in [1.165, 1.54) is 0 Å². The summed E-state index contributed by atoms with van der Waals surface area (Å²) < 4.78 is 6.98. The maximum absolute atomic E-state index is 6.98. The van der Waals surface area contributed by atoms with Crippen LogP contribution >= 0.6 is 0 Å². The molecule has 0 atom stereocenters. The van der Waals surface area contributed by atoms with Crippen LogP contribution in [0.2, 0.25) is 0 Å². The van der Waals surface area contributed by atoms with Gasteiger partial charge in [-0.05, 0) is 11.1 Å². The molecule has 0 fully saturated rings. The molecule has 0 radical (unpaired) electrons. The molecule has 0 aliphatic heterocycles. The van der Waals surface area contributed by atoms with Crippen molar-refractivity contribution < 1.29 is 4.74 Å². The third-order valence-corrected chi connectivity index (χ3v) is 6.83. The SMILES string of the molecule is Nc1c(-c2ccccc2)c(Oc2c(-c3ccccc3)c(N)c(N)c3ccccc23)c2ccccc2c1N. The first-order chi connectivity index (χ1) is 18.1. The van der Waals surface area contributed by atoms with E-state index in [1.807, 2.05) is 109 Å². The zero-order chi connectivity index (χ0) is 25.5. The van der Waals surface area contributed by atoms with Gasteiger partial charge in [0.1, 0.15) is 11.5 Å². The zero-order valence-electron chi connectivity index (χ0n) is 20.1. The number of hydrogen-bond donors (Lipinski definition) is 4. The molecule has 6 aromatic rings. The highest BCUT2D eigenvalue weighted by molar-refractivity contribution is 6.12. The van der Waals surface area contributed by atoms with E-state index in [4.69, 9.17) is 27.7 Å². The monoisotopic (exact) mass is 482 g/mol. The standard InChI is InChI=1S/C32H26N4O/c33-27-21-15-7-9-17-23(21)31(25(29(27)35)19-11-3-1-4-12-19)37-32-24-18-10-8-16-22(24)28(34)30(36)26(32)20-13-5-2-6-14-20/h1-18H,33-36H2. The van der Waals surface area contributed by atoms with Gasteiger partial charge in [0.25, 0.3) is 0 Å². The van der Waals surface area contributed by atoms with Crippen LogP contribution in [0.15, 0.2) is 109 Å². The highest BCUT2D eigenvalue weighted by Gasteiger charge is 2.24. The minimum atomic E-state index is 0.467. The molecule has 0 unspecified atom stereocenters. The summed E-state index contributed by atoms with van der Waals surface area (Å²) in [4.78, 5) is 0. The molecule has 0 aromatic heterocycles. The summed E-state index contributed by atoms with van der Waals surface area (Å²) >= 11 is 0. The Kier molecular flexibility index (Phi) is 5.31. The summed E-state index contributed by atoms with van der Waals surface area (Å²) in [6, 6.07) is 35.5. The minimum Gasteiger partial charge on any atom is -0.455 e. The number of nitrogens with two attached hydrogens (primary N) is 4. The molecule has 5 nitrogen and oxygen atoms in total. The Morgan fingerprint density at radius 3 is 1.05 bits per heavy atom. The summed E-state index contributed by atoms with van der Waals surface area (Å²) in [7, 11) is 0. The number of anilines is 4. The van der Waals surface area contributed by atoms with Crippen LogP contribution in [0, 0.1) is 0 Å². The van der Waals surface area contributed by atoms with Gasteiger partial charge >= 0.3 is 0 Å². The molecule has 6 rings (SSSR count). The lowest BCUT2D eigenvalue weighted by molar-refractivity contribution is 0.498. The number of rotatable bonds is 4. The Labute approximate surface area is 214 Å². The van der Waals surface area contributed by atoms with Crippen molar-refractivity contribution >= 4 is 44.3 Å². The lowest BCUT2D eigenvalue weighted by atomic mass is 9.94. The lowest BCUT2D eigenvalue weighted by Crippen LogP contribution is -2.04. The van der Waals surface area contributed by atoms with Crippen LogP contribution in [0.4, 0.5) is 22.7 Å². The maximum Gasteiger partial charge on any atom is 0.145 e. The number of fused-ring (bicyclic) bond motifs is 2. The van der Waals surface area contributed by atoms with Gasteiger partial charge in [0.15, 0.2) is 0 Å². The molecule has 0 saturated heterocycles. The third-order valence-electron chi connectivity index (χ3n) is 6.83. The molecule has 8 N–H and O–H groups in total. The van der Waals surface area contributed by atoms with E-state index in [0.29, 0.717) is 34.2 Å². The predicted octanol–water partition coefficient (Wildman–Crippen LogP) is 7.45. The van der Waals surface area contributed by atoms with Crippen molar-refractivity contribution in [1.82, 2.24) is 0 Å². The van der Waals surface area contributed by atoms with Crippen LogP contribution in [-0.4, -0.2) is 0 Å². The van der Waals surface area contributed by atoms with Gasteiger partial charge in [0.2, 0.25) is 0 Å². The first kappa shape index (κ1) is 22.3. The van der Waals surface area contributed by atoms with Crippen LogP contribution in [0.25, 0.3) is 43.8 Å². The van der Waals surface area contributed by atoms with Crippen LogP contribution in [0.3, 0.4) is 0 Å². The zero-order valence-corrected chi connectivity index (χ0v) is 20.1. The molecule has 0 aliphatic rings. The molecular formula is C32H26N4O. The van der Waals surface area contributed by atoms with Crippen LogP contribution in [-0.2, 0) is 0 Å². The third kappa shape index (κ3) is 3.56. The van der Waals surface area contributed by atoms with Crippen LogP contribution < -0.4 is 27.7 Å². The molecule has 0 amide bonds. The summed E-state index contributed by atoms with van der Waals surface area (Å²) in [6.07, 6.45) is 0. The largest absolute Gasteiger partial charge is 0.455 e. The van der Waals surface area contributed by atoms with Gasteiger partial charge in [0, 0.05) is 21.5 Å². The Hall–Kier alpha value is -5.16. The average Bonchev–Trinajstić information content (AvgIpc) is 2.95. The van der Waals surface area contributed by atoms with Crippen molar-refractivity contribution in [2.24, 2.45) is 0 Å². The van der Waals surface area contributed by atoms with Crippen molar-refractivity contribution in [3.63, 3.8) is 0 Å². The van der Waals surface area contributed by atoms with Crippen molar-refractivity contribution in [1.29, 1.82) is 0 Å². The van der Waals surface area contributed by atoms with E-state index in [9.17, 15) is 0 Å². The highest BCUT2D eigenvalue weighted by atomic mass is 16.5. The molecule has 6 aromatic carbocycles. The summed E-state index contributed by atoms with van der Waals surface area (Å²) in [5.74, 6) is 1.22. The molecule has 0 spiro atoms. The Balaban J connectivity index is 1.74. The smallest absolute Gasteiger partial charge is 0.145 e. The molecule has 0 aliphatic carbocycles. The lowest BCUT2D eigenvalue weighted by Gasteiger charge is -2.23. The molecule has 0 bridgehead atoms. The Bertz CT molecular complexity index is 1650. The molecular weight excluding hydrogens is 456 g/mol. The topological polar surface area (TPSA) is 113 Å². The molecule has 0 saturated carbocycles. The second-order valence-electron chi connectivity index (χ2n) is 8.99. The second kappa shape index (κ2) is 8.81. The number of nitrogen functional groups attached to an aromatic ring is 4. The highest BCUT2D eigenvalue weighted by Crippen LogP contribution is 2.52. The van der Waals surface area contributed by atoms with E-state index >= 15 is 0 Å². The average molecular weight is 483 g/mol. The molecule has 180 valence electrons. The van der Waals surface area contributed by atoms with Gasteiger partial charge in [0.05, 0.1) is 33.9 Å². The van der Waals surface area contributed by atoms with Gasteiger partial charge in [-0.1, -0.05) is 109 Å². The quantitative estimate of drug-likeness (QED) is 0.195. The van der Waals surface area contributed by atoms with Crippen molar-refractivity contribution in [2.75, 3.05) is 22.9 Å². The van der Waals surface area contributed by atoms with Gasteiger partial charge in [-0.15, -0.1) is 0 Å². The summed E-state index contributed by atoms with van der Waals surface area (Å²) in [6.45, 7) is 0. The summed E-state index contributed by atoms with van der Waals surface area (Å²) in [5, 5.41) is 3.35. The first-order valence-electron chi connectivity index (χ1n) is 12.0. The second-order valence-corrected chi connectivity index (χ2v) is 8.99. The number of ether oxygens (including phenoxy) is 1. The number of hydrogen-bond acceptors (Lipinski definition) is 5. The normalized spacial score (nSPS) is 11.1.